The second-order valence-corrected chi connectivity index (χ2v) is 5.44. The third-order valence-corrected chi connectivity index (χ3v) is 3.67. The van der Waals surface area contributed by atoms with Gasteiger partial charge >= 0.3 is 5.76 Å². The van der Waals surface area contributed by atoms with Crippen LogP contribution in [0, 0.1) is 5.92 Å². The number of aromatic nitrogens is 2. The number of likely N-dealkylation sites (N-methyl/N-ethyl adjacent to an activating group) is 1. The molecule has 2 aromatic rings. The van der Waals surface area contributed by atoms with E-state index in [9.17, 15) is 9.59 Å². The Hall–Kier alpha value is -2.37. The lowest BCUT2D eigenvalue weighted by Gasteiger charge is -2.16. The lowest BCUT2D eigenvalue weighted by molar-refractivity contribution is -0.130. The molecule has 0 aliphatic heterocycles. The normalized spacial score (nSPS) is 14.1. The molecule has 3 rings (SSSR count). The highest BCUT2D eigenvalue weighted by Gasteiger charge is 2.25. The van der Waals surface area contributed by atoms with Crippen LogP contribution in [0.5, 0.6) is 0 Å². The maximum atomic E-state index is 12.2. The van der Waals surface area contributed by atoms with Crippen molar-refractivity contribution in [3.63, 3.8) is 0 Å². The van der Waals surface area contributed by atoms with Crippen molar-refractivity contribution in [2.45, 2.75) is 19.4 Å². The number of nitrogens with zero attached hydrogens (tertiary/aromatic N) is 3. The molecule has 1 saturated carbocycles. The molecule has 0 radical (unpaired) electrons. The molecule has 6 heteroatoms. The number of rotatable bonds is 5. The van der Waals surface area contributed by atoms with Gasteiger partial charge in [-0.3, -0.25) is 9.32 Å². The second-order valence-electron chi connectivity index (χ2n) is 5.44. The molecule has 1 aliphatic rings. The van der Waals surface area contributed by atoms with Crippen molar-refractivity contribution in [2.75, 3.05) is 13.6 Å². The highest BCUT2D eigenvalue weighted by atomic mass is 16.5. The minimum atomic E-state index is -0.609. The van der Waals surface area contributed by atoms with Crippen molar-refractivity contribution in [2.24, 2.45) is 5.92 Å². The number of amides is 1. The summed E-state index contributed by atoms with van der Waals surface area (Å²) in [4.78, 5) is 25.6. The molecule has 0 bridgehead atoms. The second kappa shape index (κ2) is 5.55. The molecule has 1 aliphatic carbocycles. The summed E-state index contributed by atoms with van der Waals surface area (Å²) >= 11 is 0. The number of hydrogen-bond donors (Lipinski definition) is 0. The van der Waals surface area contributed by atoms with Gasteiger partial charge in [0.1, 0.15) is 6.54 Å². The van der Waals surface area contributed by atoms with Crippen LogP contribution in [0.25, 0.3) is 11.4 Å². The first-order valence-electron chi connectivity index (χ1n) is 7.01. The summed E-state index contributed by atoms with van der Waals surface area (Å²) in [5, 5.41) is 3.78. The topological polar surface area (TPSA) is 68.3 Å². The van der Waals surface area contributed by atoms with Gasteiger partial charge in [-0.2, -0.15) is 0 Å². The maximum absolute atomic E-state index is 12.2. The zero-order chi connectivity index (χ0) is 14.8. The van der Waals surface area contributed by atoms with E-state index in [-0.39, 0.29) is 12.5 Å². The molecule has 6 nitrogen and oxygen atoms in total. The molecule has 1 fully saturated rings. The number of carbonyl (C=O) groups excluding carboxylic acids is 1. The number of hydrogen-bond acceptors (Lipinski definition) is 4. The fraction of sp³-hybridized carbons (Fsp3) is 0.400. The van der Waals surface area contributed by atoms with Gasteiger partial charge in [0.25, 0.3) is 0 Å². The summed E-state index contributed by atoms with van der Waals surface area (Å²) in [6, 6.07) is 9.22. The predicted octanol–water partition coefficient (Wildman–Crippen LogP) is 1.37. The Balaban J connectivity index is 1.80. The van der Waals surface area contributed by atoms with Gasteiger partial charge in [-0.25, -0.2) is 9.36 Å². The maximum Gasteiger partial charge on any atom is 0.442 e. The first kappa shape index (κ1) is 13.6. The molecule has 21 heavy (non-hydrogen) atoms. The van der Waals surface area contributed by atoms with Gasteiger partial charge in [0.2, 0.25) is 5.91 Å². The molecular weight excluding hydrogens is 270 g/mol. The van der Waals surface area contributed by atoms with Crippen molar-refractivity contribution < 1.29 is 9.32 Å². The van der Waals surface area contributed by atoms with Gasteiger partial charge in [0, 0.05) is 19.2 Å². The fourth-order valence-electron chi connectivity index (χ4n) is 2.25. The van der Waals surface area contributed by atoms with E-state index in [0.29, 0.717) is 11.7 Å². The van der Waals surface area contributed by atoms with E-state index in [1.807, 2.05) is 30.3 Å². The highest BCUT2D eigenvalue weighted by Crippen LogP contribution is 2.29. The Morgan fingerprint density at radius 1 is 1.38 bits per heavy atom. The quantitative estimate of drug-likeness (QED) is 0.833. The lowest BCUT2D eigenvalue weighted by atomic mass is 10.2. The van der Waals surface area contributed by atoms with Crippen LogP contribution in [0.3, 0.4) is 0 Å². The van der Waals surface area contributed by atoms with Gasteiger partial charge in [-0.15, -0.1) is 0 Å². The smallest absolute Gasteiger partial charge is 0.344 e. The first-order chi connectivity index (χ1) is 10.1. The molecule has 0 unspecified atom stereocenters. The molecular formula is C15H17N3O3. The van der Waals surface area contributed by atoms with Crippen LogP contribution in [-0.4, -0.2) is 34.1 Å². The summed E-state index contributed by atoms with van der Waals surface area (Å²) in [6.45, 7) is 0.704. The molecule has 1 heterocycles. The van der Waals surface area contributed by atoms with Crippen LogP contribution in [-0.2, 0) is 11.3 Å². The van der Waals surface area contributed by atoms with Crippen molar-refractivity contribution >= 4 is 5.91 Å². The van der Waals surface area contributed by atoms with E-state index < -0.39 is 5.76 Å². The van der Waals surface area contributed by atoms with E-state index in [4.69, 9.17) is 4.52 Å². The van der Waals surface area contributed by atoms with Gasteiger partial charge in [0.05, 0.1) is 0 Å². The molecule has 0 saturated heterocycles. The van der Waals surface area contributed by atoms with Crippen LogP contribution in [0.4, 0.5) is 0 Å². The van der Waals surface area contributed by atoms with Crippen molar-refractivity contribution in [3.05, 3.63) is 40.9 Å². The first-order valence-corrected chi connectivity index (χ1v) is 7.01. The van der Waals surface area contributed by atoms with Crippen LogP contribution >= 0.6 is 0 Å². The van der Waals surface area contributed by atoms with Gasteiger partial charge in [-0.05, 0) is 18.8 Å². The number of carbonyl (C=O) groups is 1. The van der Waals surface area contributed by atoms with E-state index in [2.05, 4.69) is 5.16 Å². The number of benzene rings is 1. The summed E-state index contributed by atoms with van der Waals surface area (Å²) in [5.41, 5.74) is 0.751. The third kappa shape index (κ3) is 3.04. The minimum Gasteiger partial charge on any atom is -0.344 e. The van der Waals surface area contributed by atoms with Gasteiger partial charge < -0.3 is 4.90 Å². The molecule has 110 valence electrons. The average molecular weight is 287 g/mol. The molecule has 1 aromatic carbocycles. The van der Waals surface area contributed by atoms with Gasteiger partial charge in [0.15, 0.2) is 5.82 Å². The summed E-state index contributed by atoms with van der Waals surface area (Å²) in [5.74, 6) is 0.284. The highest BCUT2D eigenvalue weighted by molar-refractivity contribution is 5.76. The summed E-state index contributed by atoms with van der Waals surface area (Å²) < 4.78 is 5.99. The fourth-order valence-corrected chi connectivity index (χ4v) is 2.25. The zero-order valence-electron chi connectivity index (χ0n) is 11.9. The van der Waals surface area contributed by atoms with Crippen LogP contribution in [0.2, 0.25) is 0 Å². The molecule has 1 aromatic heterocycles. The minimum absolute atomic E-state index is 0.0459. The summed E-state index contributed by atoms with van der Waals surface area (Å²) in [6.07, 6.45) is 2.36. The predicted molar refractivity (Wildman–Crippen MR) is 76.6 cm³/mol. The van der Waals surface area contributed by atoms with Crippen molar-refractivity contribution in [1.29, 1.82) is 0 Å². The Bertz CT molecular complexity index is 686. The molecule has 0 spiro atoms. The Morgan fingerprint density at radius 3 is 2.76 bits per heavy atom. The van der Waals surface area contributed by atoms with E-state index in [1.165, 1.54) is 17.4 Å². The zero-order valence-corrected chi connectivity index (χ0v) is 11.9. The van der Waals surface area contributed by atoms with E-state index in [0.717, 1.165) is 12.1 Å². The van der Waals surface area contributed by atoms with E-state index in [1.54, 1.807) is 11.9 Å². The van der Waals surface area contributed by atoms with Crippen molar-refractivity contribution in [3.8, 4) is 11.4 Å². The Kier molecular flexibility index (Phi) is 3.60. The molecule has 1 amide bonds. The molecule has 0 N–H and O–H groups in total. The summed E-state index contributed by atoms with van der Waals surface area (Å²) in [7, 11) is 1.77. The van der Waals surface area contributed by atoms with Crippen LogP contribution < -0.4 is 5.76 Å². The Labute approximate surface area is 122 Å². The molecule has 0 atom stereocenters. The van der Waals surface area contributed by atoms with Crippen LogP contribution in [0.15, 0.2) is 39.6 Å². The largest absolute Gasteiger partial charge is 0.442 e. The SMILES string of the molecule is CN(CC1CC1)C(=O)Cn1c(-c2ccccc2)noc1=O. The third-order valence-electron chi connectivity index (χ3n) is 3.67. The van der Waals surface area contributed by atoms with Crippen molar-refractivity contribution in [1.82, 2.24) is 14.6 Å². The standard InChI is InChI=1S/C15H17N3O3/c1-17(9-11-7-8-11)13(19)10-18-14(16-21-15(18)20)12-5-3-2-4-6-12/h2-6,11H,7-10H2,1H3. The monoisotopic (exact) mass is 287 g/mol. The van der Waals surface area contributed by atoms with Gasteiger partial charge in [-0.1, -0.05) is 35.5 Å². The Morgan fingerprint density at radius 2 is 2.10 bits per heavy atom. The van der Waals surface area contributed by atoms with E-state index >= 15 is 0 Å². The lowest BCUT2D eigenvalue weighted by Crippen LogP contribution is -2.34. The average Bonchev–Trinajstić information content (AvgIpc) is 3.24. The van der Waals surface area contributed by atoms with Crippen LogP contribution in [0.1, 0.15) is 12.8 Å².